The average molecular weight is 318 g/mol. The molecule has 0 heterocycles. The van der Waals surface area contributed by atoms with E-state index in [-0.39, 0.29) is 0 Å². The average Bonchev–Trinajstić information content (AvgIpc) is 2.24. The molecule has 0 amide bonds. The Morgan fingerprint density at radius 3 is 2.00 bits per heavy atom. The van der Waals surface area contributed by atoms with E-state index < -0.39 is 15.9 Å². The molecule has 108 valence electrons. The van der Waals surface area contributed by atoms with Gasteiger partial charge in [0, 0.05) is 6.92 Å². The number of unbranched alkanes of at least 4 members (excludes halogenated alkanes) is 6. The molecule has 0 rings (SSSR count). The van der Waals surface area contributed by atoms with Gasteiger partial charge in [0.15, 0.2) is 0 Å². The molecular formula is C13H23Cl3O2. The molecule has 0 radical (unpaired) electrons. The zero-order chi connectivity index (χ0) is 14.0. The molecule has 5 heteroatoms. The first-order valence-electron chi connectivity index (χ1n) is 6.61. The van der Waals surface area contributed by atoms with Crippen LogP contribution in [-0.2, 0) is 9.53 Å². The van der Waals surface area contributed by atoms with E-state index in [0.717, 1.165) is 12.8 Å². The lowest BCUT2D eigenvalue weighted by atomic mass is 10.1. The Morgan fingerprint density at radius 2 is 1.56 bits per heavy atom. The van der Waals surface area contributed by atoms with Crippen LogP contribution >= 0.6 is 34.8 Å². The van der Waals surface area contributed by atoms with Crippen molar-refractivity contribution in [3.63, 3.8) is 0 Å². The quantitative estimate of drug-likeness (QED) is 0.322. The molecule has 0 aliphatic rings. The third kappa shape index (κ3) is 10.3. The Morgan fingerprint density at radius 1 is 1.06 bits per heavy atom. The van der Waals surface area contributed by atoms with Crippen LogP contribution in [-0.4, -0.2) is 15.9 Å². The maximum atomic E-state index is 10.9. The molecule has 0 bridgehead atoms. The van der Waals surface area contributed by atoms with E-state index in [1.807, 2.05) is 0 Å². The van der Waals surface area contributed by atoms with Crippen molar-refractivity contribution in [3.8, 4) is 0 Å². The van der Waals surface area contributed by atoms with Crippen LogP contribution in [0.5, 0.6) is 0 Å². The highest BCUT2D eigenvalue weighted by atomic mass is 35.6. The second-order valence-corrected chi connectivity index (χ2v) is 6.92. The summed E-state index contributed by atoms with van der Waals surface area (Å²) in [5, 5.41) is 0. The van der Waals surface area contributed by atoms with Crippen molar-refractivity contribution in [3.05, 3.63) is 0 Å². The summed E-state index contributed by atoms with van der Waals surface area (Å²) in [5.41, 5.74) is 0. The van der Waals surface area contributed by atoms with Gasteiger partial charge in [-0.1, -0.05) is 80.3 Å². The van der Waals surface area contributed by atoms with Gasteiger partial charge >= 0.3 is 5.97 Å². The standard InChI is InChI=1S/C13H23Cl3O2/c1-3-4-5-6-7-8-9-10-12(13(14,15)16)18-11(2)17/h12H,3-10H2,1-2H3. The van der Waals surface area contributed by atoms with Crippen LogP contribution in [0.4, 0.5) is 0 Å². The van der Waals surface area contributed by atoms with Crippen LogP contribution in [0.15, 0.2) is 0 Å². The van der Waals surface area contributed by atoms with E-state index >= 15 is 0 Å². The van der Waals surface area contributed by atoms with Crippen LogP contribution in [0, 0.1) is 0 Å². The number of carbonyl (C=O) groups is 1. The van der Waals surface area contributed by atoms with Gasteiger partial charge in [-0.2, -0.15) is 0 Å². The molecule has 18 heavy (non-hydrogen) atoms. The van der Waals surface area contributed by atoms with E-state index in [9.17, 15) is 4.79 Å². The van der Waals surface area contributed by atoms with Crippen molar-refractivity contribution in [2.45, 2.75) is 75.1 Å². The van der Waals surface area contributed by atoms with Crippen molar-refractivity contribution in [1.82, 2.24) is 0 Å². The van der Waals surface area contributed by atoms with E-state index in [1.165, 1.54) is 39.0 Å². The molecule has 2 nitrogen and oxygen atoms in total. The van der Waals surface area contributed by atoms with E-state index in [0.29, 0.717) is 6.42 Å². The predicted molar refractivity (Wildman–Crippen MR) is 78.5 cm³/mol. The maximum Gasteiger partial charge on any atom is 0.303 e. The van der Waals surface area contributed by atoms with Crippen molar-refractivity contribution in [2.24, 2.45) is 0 Å². The molecule has 0 aromatic carbocycles. The summed E-state index contributed by atoms with van der Waals surface area (Å²) in [6, 6.07) is 0. The fourth-order valence-corrected chi connectivity index (χ4v) is 2.24. The van der Waals surface area contributed by atoms with E-state index in [4.69, 9.17) is 39.5 Å². The highest BCUT2D eigenvalue weighted by molar-refractivity contribution is 6.68. The fraction of sp³-hybridized carbons (Fsp3) is 0.923. The van der Waals surface area contributed by atoms with Gasteiger partial charge in [0.1, 0.15) is 6.10 Å². The Labute approximate surface area is 125 Å². The number of rotatable bonds is 9. The summed E-state index contributed by atoms with van der Waals surface area (Å²) in [6.45, 7) is 3.53. The van der Waals surface area contributed by atoms with Gasteiger partial charge in [0.05, 0.1) is 0 Å². The fourth-order valence-electron chi connectivity index (χ4n) is 1.78. The van der Waals surface area contributed by atoms with Crippen molar-refractivity contribution in [2.75, 3.05) is 0 Å². The summed E-state index contributed by atoms with van der Waals surface area (Å²) in [6.07, 6.45) is 8.23. The number of ether oxygens (including phenoxy) is 1. The molecule has 0 spiro atoms. The second-order valence-electron chi connectivity index (χ2n) is 4.55. The topological polar surface area (TPSA) is 26.3 Å². The van der Waals surface area contributed by atoms with E-state index in [1.54, 1.807) is 0 Å². The first-order valence-corrected chi connectivity index (χ1v) is 7.75. The van der Waals surface area contributed by atoms with Gasteiger partial charge in [-0.25, -0.2) is 0 Å². The highest BCUT2D eigenvalue weighted by Crippen LogP contribution is 2.35. The van der Waals surface area contributed by atoms with Gasteiger partial charge in [0.25, 0.3) is 0 Å². The van der Waals surface area contributed by atoms with Gasteiger partial charge < -0.3 is 4.74 Å². The molecule has 1 atom stereocenters. The van der Waals surface area contributed by atoms with Gasteiger partial charge in [-0.15, -0.1) is 0 Å². The Balaban J connectivity index is 3.74. The molecule has 0 aromatic heterocycles. The van der Waals surface area contributed by atoms with Crippen molar-refractivity contribution < 1.29 is 9.53 Å². The molecule has 0 N–H and O–H groups in total. The number of carbonyl (C=O) groups excluding carboxylic acids is 1. The Bertz CT molecular complexity index is 227. The lowest BCUT2D eigenvalue weighted by Gasteiger charge is -2.23. The third-order valence-corrected chi connectivity index (χ3v) is 3.47. The molecule has 0 aliphatic carbocycles. The molecular weight excluding hydrogens is 294 g/mol. The minimum absolute atomic E-state index is 0.408. The lowest BCUT2D eigenvalue weighted by Crippen LogP contribution is -2.30. The molecule has 0 aromatic rings. The van der Waals surface area contributed by atoms with Gasteiger partial charge in [-0.05, 0) is 12.8 Å². The van der Waals surface area contributed by atoms with Gasteiger partial charge in [0.2, 0.25) is 3.79 Å². The summed E-state index contributed by atoms with van der Waals surface area (Å²) >= 11 is 17.3. The van der Waals surface area contributed by atoms with Crippen LogP contribution < -0.4 is 0 Å². The number of hydrogen-bond donors (Lipinski definition) is 0. The van der Waals surface area contributed by atoms with Crippen LogP contribution in [0.25, 0.3) is 0 Å². The van der Waals surface area contributed by atoms with Crippen molar-refractivity contribution >= 4 is 40.8 Å². The first kappa shape index (κ1) is 18.3. The van der Waals surface area contributed by atoms with Gasteiger partial charge in [-0.3, -0.25) is 4.79 Å². The normalized spacial score (nSPS) is 13.4. The van der Waals surface area contributed by atoms with Crippen LogP contribution in [0.2, 0.25) is 0 Å². The molecule has 0 aliphatic heterocycles. The minimum atomic E-state index is -1.53. The zero-order valence-corrected chi connectivity index (χ0v) is 13.5. The smallest absolute Gasteiger partial charge is 0.303 e. The third-order valence-electron chi connectivity index (χ3n) is 2.74. The molecule has 0 saturated carbocycles. The largest absolute Gasteiger partial charge is 0.458 e. The van der Waals surface area contributed by atoms with Crippen LogP contribution in [0.1, 0.15) is 65.2 Å². The maximum absolute atomic E-state index is 10.9. The van der Waals surface area contributed by atoms with Crippen LogP contribution in [0.3, 0.4) is 0 Å². The molecule has 1 unspecified atom stereocenters. The number of esters is 1. The highest BCUT2D eigenvalue weighted by Gasteiger charge is 2.34. The first-order chi connectivity index (χ1) is 8.38. The SMILES string of the molecule is CCCCCCCCCC(OC(C)=O)C(Cl)(Cl)Cl. The summed E-state index contributed by atoms with van der Waals surface area (Å²) in [4.78, 5) is 10.9. The lowest BCUT2D eigenvalue weighted by molar-refractivity contribution is -0.146. The summed E-state index contributed by atoms with van der Waals surface area (Å²) in [7, 11) is 0. The second kappa shape index (κ2) is 10.2. The zero-order valence-electron chi connectivity index (χ0n) is 11.2. The predicted octanol–water partition coefficient (Wildman–Crippen LogP) is 5.43. The number of halogens is 3. The monoisotopic (exact) mass is 316 g/mol. The van der Waals surface area contributed by atoms with E-state index in [2.05, 4.69) is 6.92 Å². The number of alkyl halides is 3. The Hall–Kier alpha value is 0.340. The summed E-state index contributed by atoms with van der Waals surface area (Å²) < 4.78 is 3.49. The number of hydrogen-bond acceptors (Lipinski definition) is 2. The minimum Gasteiger partial charge on any atom is -0.458 e. The summed E-state index contributed by atoms with van der Waals surface area (Å²) in [5.74, 6) is -0.408. The van der Waals surface area contributed by atoms with Crippen molar-refractivity contribution in [1.29, 1.82) is 0 Å². The molecule has 0 fully saturated rings. The Kier molecular flexibility index (Phi) is 10.4. The molecule has 0 saturated heterocycles.